The van der Waals surface area contributed by atoms with E-state index in [1.165, 1.54) is 5.39 Å². The summed E-state index contributed by atoms with van der Waals surface area (Å²) in [5.74, 6) is 1.08. The monoisotopic (exact) mass is 261 g/mol. The minimum atomic E-state index is 0.776. The smallest absolute Gasteiger partial charge is 0.136 e. The summed E-state index contributed by atoms with van der Waals surface area (Å²) >= 11 is 6.04. The third-order valence-corrected chi connectivity index (χ3v) is 3.74. The molecule has 0 unspecified atom stereocenters. The Kier molecular flexibility index (Phi) is 3.10. The van der Waals surface area contributed by atoms with Crippen LogP contribution in [0.5, 0.6) is 0 Å². The molecule has 0 N–H and O–H groups in total. The van der Waals surface area contributed by atoms with Crippen molar-refractivity contribution in [3.05, 3.63) is 35.5 Å². The quantitative estimate of drug-likeness (QED) is 0.787. The van der Waals surface area contributed by atoms with Gasteiger partial charge in [0.2, 0.25) is 0 Å². The number of aromatic nitrogens is 1. The highest BCUT2D eigenvalue weighted by molar-refractivity contribution is 6.31. The highest BCUT2D eigenvalue weighted by Gasteiger charge is 2.17. The fourth-order valence-corrected chi connectivity index (χ4v) is 2.58. The Balaban J connectivity index is 2.01. The van der Waals surface area contributed by atoms with Crippen LogP contribution in [0.2, 0.25) is 5.02 Å². The standard InChI is InChI=1S/C14H16ClN3/c1-17-6-8-18(9-7-17)14-13-3-2-12(15)10-11(13)4-5-16-14/h2-5,10H,6-9H2,1H3. The molecule has 3 rings (SSSR count). The van der Waals surface area contributed by atoms with Crippen LogP contribution < -0.4 is 4.90 Å². The molecule has 1 aliphatic rings. The van der Waals surface area contributed by atoms with Gasteiger partial charge >= 0.3 is 0 Å². The van der Waals surface area contributed by atoms with Crippen molar-refractivity contribution in [2.75, 3.05) is 38.1 Å². The summed E-state index contributed by atoms with van der Waals surface area (Å²) in [7, 11) is 2.16. The van der Waals surface area contributed by atoms with E-state index in [0.717, 1.165) is 42.4 Å². The van der Waals surface area contributed by atoms with Gasteiger partial charge in [-0.25, -0.2) is 4.98 Å². The molecular formula is C14H16ClN3. The van der Waals surface area contributed by atoms with Crippen LogP contribution in [-0.2, 0) is 0 Å². The van der Waals surface area contributed by atoms with Gasteiger partial charge in [-0.3, -0.25) is 0 Å². The lowest BCUT2D eigenvalue weighted by Crippen LogP contribution is -2.44. The van der Waals surface area contributed by atoms with Crippen molar-refractivity contribution in [1.82, 2.24) is 9.88 Å². The van der Waals surface area contributed by atoms with Crippen LogP contribution in [0.3, 0.4) is 0 Å². The van der Waals surface area contributed by atoms with Gasteiger partial charge in [0.1, 0.15) is 5.82 Å². The first-order chi connectivity index (χ1) is 8.74. The lowest BCUT2D eigenvalue weighted by Gasteiger charge is -2.33. The van der Waals surface area contributed by atoms with Crippen LogP contribution in [0.4, 0.5) is 5.82 Å². The Bertz CT molecular complexity index is 562. The fraction of sp³-hybridized carbons (Fsp3) is 0.357. The maximum Gasteiger partial charge on any atom is 0.136 e. The fourth-order valence-electron chi connectivity index (χ4n) is 2.40. The minimum Gasteiger partial charge on any atom is -0.354 e. The number of hydrogen-bond donors (Lipinski definition) is 0. The summed E-state index contributed by atoms with van der Waals surface area (Å²) in [6, 6.07) is 8.02. The molecule has 1 aliphatic heterocycles. The van der Waals surface area contributed by atoms with Crippen molar-refractivity contribution in [3.8, 4) is 0 Å². The Morgan fingerprint density at radius 3 is 2.67 bits per heavy atom. The summed E-state index contributed by atoms with van der Waals surface area (Å²) in [5, 5.41) is 3.12. The second-order valence-electron chi connectivity index (χ2n) is 4.79. The second-order valence-corrected chi connectivity index (χ2v) is 5.23. The van der Waals surface area contributed by atoms with Crippen molar-refractivity contribution in [1.29, 1.82) is 0 Å². The van der Waals surface area contributed by atoms with Crippen LogP contribution in [0.15, 0.2) is 30.5 Å². The predicted octanol–water partition coefficient (Wildman–Crippen LogP) is 2.64. The lowest BCUT2D eigenvalue weighted by molar-refractivity contribution is 0.312. The summed E-state index contributed by atoms with van der Waals surface area (Å²) < 4.78 is 0. The first-order valence-corrected chi connectivity index (χ1v) is 6.59. The molecule has 0 aliphatic carbocycles. The van der Waals surface area contributed by atoms with Crippen molar-refractivity contribution in [3.63, 3.8) is 0 Å². The third-order valence-electron chi connectivity index (χ3n) is 3.51. The number of anilines is 1. The van der Waals surface area contributed by atoms with Crippen molar-refractivity contribution < 1.29 is 0 Å². The average molecular weight is 262 g/mol. The number of likely N-dealkylation sites (N-methyl/N-ethyl adjacent to an activating group) is 1. The molecule has 94 valence electrons. The Morgan fingerprint density at radius 1 is 1.11 bits per heavy atom. The van der Waals surface area contributed by atoms with E-state index in [-0.39, 0.29) is 0 Å². The zero-order valence-electron chi connectivity index (χ0n) is 10.4. The van der Waals surface area contributed by atoms with E-state index in [4.69, 9.17) is 11.6 Å². The molecule has 2 aromatic rings. The van der Waals surface area contributed by atoms with E-state index in [1.54, 1.807) is 0 Å². The lowest BCUT2D eigenvalue weighted by atomic mass is 10.1. The van der Waals surface area contributed by atoms with E-state index in [0.29, 0.717) is 0 Å². The van der Waals surface area contributed by atoms with E-state index < -0.39 is 0 Å². The topological polar surface area (TPSA) is 19.4 Å². The number of pyridine rings is 1. The molecule has 18 heavy (non-hydrogen) atoms. The predicted molar refractivity (Wildman–Crippen MR) is 76.5 cm³/mol. The van der Waals surface area contributed by atoms with Crippen molar-refractivity contribution in [2.24, 2.45) is 0 Å². The molecule has 1 saturated heterocycles. The maximum absolute atomic E-state index is 6.04. The van der Waals surface area contributed by atoms with Gasteiger partial charge in [-0.2, -0.15) is 0 Å². The van der Waals surface area contributed by atoms with Crippen LogP contribution in [-0.4, -0.2) is 43.1 Å². The summed E-state index contributed by atoms with van der Waals surface area (Å²) in [5.41, 5.74) is 0. The number of rotatable bonds is 1. The van der Waals surface area contributed by atoms with Gasteiger partial charge < -0.3 is 9.80 Å². The maximum atomic E-state index is 6.04. The van der Waals surface area contributed by atoms with E-state index in [9.17, 15) is 0 Å². The molecule has 1 fully saturated rings. The highest BCUT2D eigenvalue weighted by atomic mass is 35.5. The SMILES string of the molecule is CN1CCN(c2nccc3cc(Cl)ccc23)CC1. The van der Waals surface area contributed by atoms with Gasteiger partial charge in [-0.15, -0.1) is 0 Å². The van der Waals surface area contributed by atoms with Crippen LogP contribution in [0, 0.1) is 0 Å². The molecule has 4 heteroatoms. The Hall–Kier alpha value is -1.32. The molecule has 2 heterocycles. The molecular weight excluding hydrogens is 246 g/mol. The number of hydrogen-bond acceptors (Lipinski definition) is 3. The van der Waals surface area contributed by atoms with Gasteiger partial charge in [0.25, 0.3) is 0 Å². The van der Waals surface area contributed by atoms with Crippen molar-refractivity contribution in [2.45, 2.75) is 0 Å². The summed E-state index contributed by atoms with van der Waals surface area (Å²) in [6.45, 7) is 4.24. The Labute approximate surface area is 112 Å². The van der Waals surface area contributed by atoms with E-state index in [1.807, 2.05) is 24.4 Å². The number of fused-ring (bicyclic) bond motifs is 1. The molecule has 0 atom stereocenters. The van der Waals surface area contributed by atoms with Crippen LogP contribution in [0.25, 0.3) is 10.8 Å². The zero-order valence-corrected chi connectivity index (χ0v) is 11.2. The van der Waals surface area contributed by atoms with Gasteiger partial charge in [-0.1, -0.05) is 11.6 Å². The Morgan fingerprint density at radius 2 is 1.89 bits per heavy atom. The number of benzene rings is 1. The highest BCUT2D eigenvalue weighted by Crippen LogP contribution is 2.27. The van der Waals surface area contributed by atoms with Gasteiger partial charge in [0, 0.05) is 42.8 Å². The molecule has 0 saturated carbocycles. The van der Waals surface area contributed by atoms with Gasteiger partial charge in [0.05, 0.1) is 0 Å². The molecule has 0 bridgehead atoms. The van der Waals surface area contributed by atoms with Crippen LogP contribution in [0.1, 0.15) is 0 Å². The van der Waals surface area contributed by atoms with Gasteiger partial charge in [0.15, 0.2) is 0 Å². The first kappa shape index (κ1) is 11.8. The molecule has 3 nitrogen and oxygen atoms in total. The molecule has 0 amide bonds. The second kappa shape index (κ2) is 4.75. The minimum absolute atomic E-state index is 0.776. The molecule has 0 spiro atoms. The molecule has 1 aromatic heterocycles. The molecule has 1 aromatic carbocycles. The van der Waals surface area contributed by atoms with Crippen LogP contribution >= 0.6 is 11.6 Å². The number of nitrogens with zero attached hydrogens (tertiary/aromatic N) is 3. The first-order valence-electron chi connectivity index (χ1n) is 6.22. The summed E-state index contributed by atoms with van der Waals surface area (Å²) in [6.07, 6.45) is 1.87. The summed E-state index contributed by atoms with van der Waals surface area (Å²) in [4.78, 5) is 9.25. The normalized spacial score (nSPS) is 17.3. The average Bonchev–Trinajstić information content (AvgIpc) is 2.38. The molecule has 0 radical (unpaired) electrons. The van der Waals surface area contributed by atoms with E-state index in [2.05, 4.69) is 27.9 Å². The zero-order chi connectivity index (χ0) is 12.5. The number of piperazine rings is 1. The number of halogens is 1. The largest absolute Gasteiger partial charge is 0.354 e. The van der Waals surface area contributed by atoms with Crippen molar-refractivity contribution >= 4 is 28.2 Å². The van der Waals surface area contributed by atoms with Gasteiger partial charge in [-0.05, 0) is 36.7 Å². The van der Waals surface area contributed by atoms with E-state index >= 15 is 0 Å². The third kappa shape index (κ3) is 2.16.